The Morgan fingerprint density at radius 3 is 2.36 bits per heavy atom. The van der Waals surface area contributed by atoms with Crippen LogP contribution in [0, 0.1) is 17.2 Å². The van der Waals surface area contributed by atoms with Crippen molar-refractivity contribution >= 4 is 28.3 Å². The third-order valence-electron chi connectivity index (χ3n) is 9.12. The van der Waals surface area contributed by atoms with Crippen molar-refractivity contribution in [3.8, 4) is 5.88 Å². The van der Waals surface area contributed by atoms with Crippen molar-refractivity contribution in [3.05, 3.63) is 95.4 Å². The van der Waals surface area contributed by atoms with Gasteiger partial charge in [-0.25, -0.2) is 4.39 Å². The lowest BCUT2D eigenvalue weighted by Gasteiger charge is -2.24. The molecule has 0 aliphatic heterocycles. The number of amides is 1. The Morgan fingerprint density at radius 1 is 1.00 bits per heavy atom. The standard InChI is InChI=1S/C37H41FN2O4/c1-36(2,3)44-35(43)37(18-19-37)21-25-8-6-11-28(20-25)39-33(41)32(26-9-4-5-10-26)27-16-14-24(15-17-27)22-40-23-30-29(34(40)42)12-7-13-31(30)38/h6-8,11-17,20,23,26,32,42H,4-5,9-10,18-19,21-22H2,1-3H3,(H,39,41)/t32-/m0/s1. The number of nitrogens with one attached hydrogen (secondary N) is 1. The second-order valence-corrected chi connectivity index (χ2v) is 13.7. The lowest BCUT2D eigenvalue weighted by atomic mass is 9.83. The molecule has 4 aromatic rings. The van der Waals surface area contributed by atoms with Gasteiger partial charge in [-0.3, -0.25) is 9.59 Å². The van der Waals surface area contributed by atoms with E-state index in [1.165, 1.54) is 6.07 Å². The molecule has 3 aromatic carbocycles. The number of hydrogen-bond donors (Lipinski definition) is 2. The van der Waals surface area contributed by atoms with E-state index in [1.54, 1.807) is 22.9 Å². The van der Waals surface area contributed by atoms with Gasteiger partial charge in [-0.05, 0) is 99.7 Å². The van der Waals surface area contributed by atoms with Gasteiger partial charge in [0.15, 0.2) is 5.88 Å². The summed E-state index contributed by atoms with van der Waals surface area (Å²) in [7, 11) is 0. The fourth-order valence-electron chi connectivity index (χ4n) is 6.67. The molecule has 6 nitrogen and oxygen atoms in total. The Morgan fingerprint density at radius 2 is 1.70 bits per heavy atom. The van der Waals surface area contributed by atoms with E-state index in [9.17, 15) is 19.1 Å². The van der Waals surface area contributed by atoms with E-state index in [-0.39, 0.29) is 35.4 Å². The average molecular weight is 597 g/mol. The molecule has 2 saturated carbocycles. The topological polar surface area (TPSA) is 80.6 Å². The molecule has 2 fully saturated rings. The molecule has 1 heterocycles. The molecule has 0 spiro atoms. The summed E-state index contributed by atoms with van der Waals surface area (Å²) in [5.74, 6) is -0.529. The lowest BCUT2D eigenvalue weighted by Crippen LogP contribution is -2.30. The lowest BCUT2D eigenvalue weighted by molar-refractivity contribution is -0.161. The smallest absolute Gasteiger partial charge is 0.312 e. The number of fused-ring (bicyclic) bond motifs is 1. The number of hydrogen-bond acceptors (Lipinski definition) is 4. The van der Waals surface area contributed by atoms with Gasteiger partial charge < -0.3 is 19.7 Å². The molecule has 7 heteroatoms. The number of aromatic nitrogens is 1. The first-order valence-electron chi connectivity index (χ1n) is 15.7. The minimum atomic E-state index is -0.520. The number of ether oxygens (including phenoxy) is 1. The van der Waals surface area contributed by atoms with E-state index in [0.29, 0.717) is 23.7 Å². The maximum atomic E-state index is 14.2. The van der Waals surface area contributed by atoms with Crippen LogP contribution in [0.15, 0.2) is 72.9 Å². The fourth-order valence-corrected chi connectivity index (χ4v) is 6.67. The first kappa shape index (κ1) is 29.9. The second kappa shape index (κ2) is 11.8. The molecule has 44 heavy (non-hydrogen) atoms. The Kier molecular flexibility index (Phi) is 7.99. The average Bonchev–Trinajstić information content (AvgIpc) is 3.41. The summed E-state index contributed by atoms with van der Waals surface area (Å²) in [5.41, 5.74) is 2.66. The summed E-state index contributed by atoms with van der Waals surface area (Å²) < 4.78 is 21.6. The zero-order chi connectivity index (χ0) is 31.1. The van der Waals surface area contributed by atoms with E-state index >= 15 is 0 Å². The predicted octanol–water partition coefficient (Wildman–Crippen LogP) is 8.11. The molecule has 1 amide bonds. The highest BCUT2D eigenvalue weighted by Gasteiger charge is 2.52. The van der Waals surface area contributed by atoms with Crippen LogP contribution in [-0.2, 0) is 27.3 Å². The van der Waals surface area contributed by atoms with Crippen molar-refractivity contribution in [2.75, 3.05) is 5.32 Å². The Balaban J connectivity index is 1.17. The Labute approximate surface area is 258 Å². The minimum absolute atomic E-state index is 0.0279. The maximum Gasteiger partial charge on any atom is 0.312 e. The van der Waals surface area contributed by atoms with Crippen LogP contribution in [0.4, 0.5) is 10.1 Å². The number of carbonyl (C=O) groups is 2. The SMILES string of the molecule is CC(C)(C)OC(=O)C1(Cc2cccc(NC(=O)[C@H](c3ccc(Cn4cc5c(F)cccc5c4O)cc3)C3CCCC3)c2)CC1. The van der Waals surface area contributed by atoms with Crippen LogP contribution in [0.3, 0.4) is 0 Å². The molecule has 2 aliphatic rings. The number of anilines is 1. The van der Waals surface area contributed by atoms with Crippen LogP contribution < -0.4 is 5.32 Å². The normalized spacial score (nSPS) is 17.0. The molecule has 0 radical (unpaired) electrons. The fraction of sp³-hybridized carbons (Fsp3) is 0.405. The molecule has 230 valence electrons. The van der Waals surface area contributed by atoms with Gasteiger partial charge >= 0.3 is 5.97 Å². The third kappa shape index (κ3) is 6.37. The molecule has 0 unspecified atom stereocenters. The summed E-state index contributed by atoms with van der Waals surface area (Å²) in [6, 6.07) is 20.5. The van der Waals surface area contributed by atoms with Crippen LogP contribution in [0.1, 0.15) is 81.9 Å². The molecule has 1 aromatic heterocycles. The van der Waals surface area contributed by atoms with Crippen molar-refractivity contribution < 1.29 is 23.8 Å². The highest BCUT2D eigenvalue weighted by molar-refractivity contribution is 5.96. The monoisotopic (exact) mass is 596 g/mol. The number of carbonyl (C=O) groups excluding carboxylic acids is 2. The molecule has 0 saturated heterocycles. The summed E-state index contributed by atoms with van der Waals surface area (Å²) in [5, 5.41) is 14.7. The predicted molar refractivity (Wildman–Crippen MR) is 170 cm³/mol. The van der Waals surface area contributed by atoms with Gasteiger partial charge in [-0.2, -0.15) is 0 Å². The zero-order valence-electron chi connectivity index (χ0n) is 25.7. The van der Waals surface area contributed by atoms with Gasteiger partial charge in [0.2, 0.25) is 5.91 Å². The first-order valence-corrected chi connectivity index (χ1v) is 15.7. The zero-order valence-corrected chi connectivity index (χ0v) is 25.7. The quantitative estimate of drug-likeness (QED) is 0.191. The van der Waals surface area contributed by atoms with E-state index in [4.69, 9.17) is 4.74 Å². The number of aromatic hydroxyl groups is 1. The van der Waals surface area contributed by atoms with Crippen molar-refractivity contribution in [1.82, 2.24) is 4.57 Å². The molecule has 2 N–H and O–H groups in total. The van der Waals surface area contributed by atoms with E-state index in [2.05, 4.69) is 5.32 Å². The summed E-state index contributed by atoms with van der Waals surface area (Å²) in [6.45, 7) is 6.06. The van der Waals surface area contributed by atoms with Crippen LogP contribution in [0.5, 0.6) is 5.88 Å². The Bertz CT molecular complexity index is 1670. The number of rotatable bonds is 9. The Hall–Kier alpha value is -4.13. The van der Waals surface area contributed by atoms with E-state index in [1.807, 2.05) is 69.3 Å². The third-order valence-corrected chi connectivity index (χ3v) is 9.12. The van der Waals surface area contributed by atoms with Gasteiger partial charge in [-0.1, -0.05) is 55.3 Å². The van der Waals surface area contributed by atoms with Crippen LogP contribution in [-0.4, -0.2) is 27.2 Å². The highest BCUT2D eigenvalue weighted by atomic mass is 19.1. The van der Waals surface area contributed by atoms with E-state index < -0.39 is 11.0 Å². The van der Waals surface area contributed by atoms with Gasteiger partial charge in [0, 0.05) is 22.7 Å². The van der Waals surface area contributed by atoms with Crippen LogP contribution in [0.2, 0.25) is 0 Å². The number of benzene rings is 3. The van der Waals surface area contributed by atoms with Gasteiger partial charge in [0.05, 0.1) is 17.9 Å². The summed E-state index contributed by atoms with van der Waals surface area (Å²) >= 11 is 0. The summed E-state index contributed by atoms with van der Waals surface area (Å²) in [6.07, 6.45) is 8.11. The highest BCUT2D eigenvalue weighted by Crippen LogP contribution is 2.50. The molecule has 6 rings (SSSR count). The largest absolute Gasteiger partial charge is 0.494 e. The van der Waals surface area contributed by atoms with E-state index in [0.717, 1.165) is 60.9 Å². The van der Waals surface area contributed by atoms with Crippen LogP contribution >= 0.6 is 0 Å². The van der Waals surface area contributed by atoms with Gasteiger partial charge in [0.25, 0.3) is 0 Å². The van der Waals surface area contributed by atoms with Gasteiger partial charge in [-0.15, -0.1) is 0 Å². The molecule has 0 bridgehead atoms. The van der Waals surface area contributed by atoms with Crippen molar-refractivity contribution in [2.24, 2.45) is 11.3 Å². The van der Waals surface area contributed by atoms with Crippen molar-refractivity contribution in [1.29, 1.82) is 0 Å². The number of nitrogens with zero attached hydrogens (tertiary/aromatic N) is 1. The molecular weight excluding hydrogens is 555 g/mol. The molecule has 1 atom stereocenters. The maximum absolute atomic E-state index is 14.2. The summed E-state index contributed by atoms with van der Waals surface area (Å²) in [4.78, 5) is 26.7. The molecular formula is C37H41FN2O4. The second-order valence-electron chi connectivity index (χ2n) is 13.7. The number of halogens is 1. The van der Waals surface area contributed by atoms with Crippen molar-refractivity contribution in [3.63, 3.8) is 0 Å². The number of esters is 1. The van der Waals surface area contributed by atoms with Crippen LogP contribution in [0.25, 0.3) is 10.8 Å². The first-order chi connectivity index (χ1) is 21.0. The molecule has 2 aliphatic carbocycles. The van der Waals surface area contributed by atoms with Gasteiger partial charge in [0.1, 0.15) is 11.4 Å². The minimum Gasteiger partial charge on any atom is -0.494 e. The van der Waals surface area contributed by atoms with Crippen molar-refractivity contribution in [2.45, 2.75) is 83.8 Å².